The Morgan fingerprint density at radius 2 is 1.83 bits per heavy atom. The first-order valence-electron chi connectivity index (χ1n) is 5.46. The molecular weight excluding hydrogens is 300 g/mol. The summed E-state index contributed by atoms with van der Waals surface area (Å²) in [6, 6.07) is 8.59. The minimum Gasteiger partial charge on any atom is -0.320 e. The molecule has 0 spiro atoms. The molecule has 0 saturated carbocycles. The molecule has 0 aliphatic carbocycles. The van der Waals surface area contributed by atoms with Crippen molar-refractivity contribution in [3.05, 3.63) is 69.2 Å². The molecule has 0 saturated heterocycles. The summed E-state index contributed by atoms with van der Waals surface area (Å²) < 4.78 is 28.4. The van der Waals surface area contributed by atoms with E-state index in [0.717, 1.165) is 0 Å². The Morgan fingerprint density at radius 1 is 1.11 bits per heavy atom. The molecule has 1 atom stereocenters. The smallest absolute Gasteiger partial charge is 0.131 e. The van der Waals surface area contributed by atoms with Crippen molar-refractivity contribution >= 4 is 15.9 Å². The van der Waals surface area contributed by atoms with Gasteiger partial charge in [0.15, 0.2) is 0 Å². The van der Waals surface area contributed by atoms with E-state index in [1.54, 1.807) is 37.3 Å². The minimum absolute atomic E-state index is 0.272. The van der Waals surface area contributed by atoms with Crippen molar-refractivity contribution in [3.63, 3.8) is 0 Å². The third-order valence-electron chi connectivity index (χ3n) is 2.85. The highest BCUT2D eigenvalue weighted by atomic mass is 79.9. The zero-order valence-corrected chi connectivity index (χ0v) is 11.3. The molecule has 4 heteroatoms. The van der Waals surface area contributed by atoms with E-state index in [2.05, 4.69) is 15.9 Å². The summed E-state index contributed by atoms with van der Waals surface area (Å²) in [5.41, 5.74) is 7.02. The molecule has 0 radical (unpaired) electrons. The van der Waals surface area contributed by atoms with Gasteiger partial charge in [-0.15, -0.1) is 0 Å². The Balaban J connectivity index is 2.51. The van der Waals surface area contributed by atoms with Crippen LogP contribution in [0.15, 0.2) is 40.9 Å². The van der Waals surface area contributed by atoms with Crippen molar-refractivity contribution in [1.29, 1.82) is 0 Å². The monoisotopic (exact) mass is 311 g/mol. The molecule has 94 valence electrons. The van der Waals surface area contributed by atoms with E-state index in [4.69, 9.17) is 5.73 Å². The average molecular weight is 312 g/mol. The summed E-state index contributed by atoms with van der Waals surface area (Å²) in [4.78, 5) is 0. The Bertz CT molecular complexity index is 582. The molecule has 2 aromatic rings. The largest absolute Gasteiger partial charge is 0.320 e. The van der Waals surface area contributed by atoms with Crippen molar-refractivity contribution < 1.29 is 8.78 Å². The lowest BCUT2D eigenvalue weighted by atomic mass is 9.97. The van der Waals surface area contributed by atoms with Crippen LogP contribution < -0.4 is 5.73 Å². The number of hydrogen-bond donors (Lipinski definition) is 1. The van der Waals surface area contributed by atoms with E-state index in [0.29, 0.717) is 15.6 Å². The number of benzene rings is 2. The maximum Gasteiger partial charge on any atom is 0.131 e. The first-order valence-corrected chi connectivity index (χ1v) is 6.25. The van der Waals surface area contributed by atoms with Crippen molar-refractivity contribution in [2.45, 2.75) is 13.0 Å². The van der Waals surface area contributed by atoms with E-state index in [-0.39, 0.29) is 11.4 Å². The lowest BCUT2D eigenvalue weighted by Gasteiger charge is -2.15. The first-order chi connectivity index (χ1) is 8.50. The summed E-state index contributed by atoms with van der Waals surface area (Å²) >= 11 is 3.25. The Kier molecular flexibility index (Phi) is 3.78. The maximum atomic E-state index is 14.0. The van der Waals surface area contributed by atoms with Gasteiger partial charge >= 0.3 is 0 Å². The fourth-order valence-electron chi connectivity index (χ4n) is 1.83. The van der Waals surface area contributed by atoms with Crippen molar-refractivity contribution in [2.75, 3.05) is 0 Å². The van der Waals surface area contributed by atoms with E-state index < -0.39 is 11.9 Å². The van der Waals surface area contributed by atoms with Crippen LogP contribution in [0.2, 0.25) is 0 Å². The van der Waals surface area contributed by atoms with Crippen molar-refractivity contribution in [3.8, 4) is 0 Å². The van der Waals surface area contributed by atoms with Gasteiger partial charge in [-0.2, -0.15) is 0 Å². The van der Waals surface area contributed by atoms with E-state index >= 15 is 0 Å². The summed E-state index contributed by atoms with van der Waals surface area (Å²) in [6.45, 7) is 1.66. The Labute approximate surface area is 113 Å². The molecule has 2 aromatic carbocycles. The summed E-state index contributed by atoms with van der Waals surface area (Å²) in [5, 5.41) is 0. The van der Waals surface area contributed by atoms with E-state index in [9.17, 15) is 8.78 Å². The van der Waals surface area contributed by atoms with Gasteiger partial charge in [0.2, 0.25) is 0 Å². The highest BCUT2D eigenvalue weighted by Gasteiger charge is 2.18. The molecule has 1 unspecified atom stereocenters. The van der Waals surface area contributed by atoms with Crippen molar-refractivity contribution in [2.24, 2.45) is 5.73 Å². The van der Waals surface area contributed by atoms with Gasteiger partial charge in [-0.05, 0) is 30.7 Å². The van der Waals surface area contributed by atoms with E-state index in [1.165, 1.54) is 6.07 Å². The standard InChI is InChI=1S/C14H12BrF2N/c1-8-3-2-4-10(13(8)17)14(18)11-7-9(15)5-6-12(11)16/h2-7,14H,18H2,1H3. The number of nitrogens with two attached hydrogens (primary N) is 1. The highest BCUT2D eigenvalue weighted by Crippen LogP contribution is 2.27. The van der Waals surface area contributed by atoms with Crippen LogP contribution in [-0.2, 0) is 0 Å². The van der Waals surface area contributed by atoms with Crippen LogP contribution in [0.3, 0.4) is 0 Å². The van der Waals surface area contributed by atoms with Crippen LogP contribution in [0.25, 0.3) is 0 Å². The van der Waals surface area contributed by atoms with Gasteiger partial charge in [0, 0.05) is 15.6 Å². The lowest BCUT2D eigenvalue weighted by molar-refractivity contribution is 0.571. The van der Waals surface area contributed by atoms with Gasteiger partial charge in [-0.25, -0.2) is 8.78 Å². The van der Waals surface area contributed by atoms with Crippen LogP contribution in [-0.4, -0.2) is 0 Å². The molecule has 0 fully saturated rings. The third kappa shape index (κ3) is 2.44. The summed E-state index contributed by atoms with van der Waals surface area (Å²) in [7, 11) is 0. The molecule has 0 amide bonds. The van der Waals surface area contributed by atoms with Crippen LogP contribution in [0.4, 0.5) is 8.78 Å². The fraction of sp³-hybridized carbons (Fsp3) is 0.143. The molecular formula is C14H12BrF2N. The second kappa shape index (κ2) is 5.16. The van der Waals surface area contributed by atoms with Gasteiger partial charge in [0.1, 0.15) is 11.6 Å². The van der Waals surface area contributed by atoms with Crippen LogP contribution >= 0.6 is 15.9 Å². The predicted molar refractivity (Wildman–Crippen MR) is 71.3 cm³/mol. The lowest BCUT2D eigenvalue weighted by Crippen LogP contribution is -2.15. The van der Waals surface area contributed by atoms with Crippen molar-refractivity contribution in [1.82, 2.24) is 0 Å². The number of halogens is 3. The van der Waals surface area contributed by atoms with Gasteiger partial charge in [0.05, 0.1) is 6.04 Å². The van der Waals surface area contributed by atoms with Gasteiger partial charge in [-0.3, -0.25) is 0 Å². The quantitative estimate of drug-likeness (QED) is 0.888. The van der Waals surface area contributed by atoms with Gasteiger partial charge in [-0.1, -0.05) is 34.1 Å². The maximum absolute atomic E-state index is 14.0. The third-order valence-corrected chi connectivity index (χ3v) is 3.34. The fourth-order valence-corrected chi connectivity index (χ4v) is 2.21. The normalized spacial score (nSPS) is 12.5. The topological polar surface area (TPSA) is 26.0 Å². The average Bonchev–Trinajstić information content (AvgIpc) is 2.35. The SMILES string of the molecule is Cc1cccc(C(N)c2cc(Br)ccc2F)c1F. The van der Waals surface area contributed by atoms with Gasteiger partial charge < -0.3 is 5.73 Å². The van der Waals surface area contributed by atoms with E-state index in [1.807, 2.05) is 0 Å². The molecule has 2 N–H and O–H groups in total. The summed E-state index contributed by atoms with van der Waals surface area (Å²) in [6.07, 6.45) is 0. The molecule has 0 aromatic heterocycles. The first kappa shape index (κ1) is 13.2. The molecule has 1 nitrogen and oxygen atoms in total. The molecule has 0 heterocycles. The van der Waals surface area contributed by atoms with Crippen LogP contribution in [0, 0.1) is 18.6 Å². The number of hydrogen-bond acceptors (Lipinski definition) is 1. The second-order valence-electron chi connectivity index (χ2n) is 4.12. The molecule has 0 bridgehead atoms. The Hall–Kier alpha value is -1.26. The Morgan fingerprint density at radius 3 is 2.56 bits per heavy atom. The number of rotatable bonds is 2. The summed E-state index contributed by atoms with van der Waals surface area (Å²) in [5.74, 6) is -0.823. The minimum atomic E-state index is -0.817. The second-order valence-corrected chi connectivity index (χ2v) is 5.04. The van der Waals surface area contributed by atoms with Crippen LogP contribution in [0.1, 0.15) is 22.7 Å². The molecule has 18 heavy (non-hydrogen) atoms. The predicted octanol–water partition coefficient (Wildman–Crippen LogP) is 4.08. The zero-order chi connectivity index (χ0) is 13.3. The molecule has 0 aliphatic rings. The zero-order valence-electron chi connectivity index (χ0n) is 9.75. The number of aryl methyl sites for hydroxylation is 1. The van der Waals surface area contributed by atoms with Gasteiger partial charge in [0.25, 0.3) is 0 Å². The van der Waals surface area contributed by atoms with Crippen LogP contribution in [0.5, 0.6) is 0 Å². The molecule has 0 aliphatic heterocycles. The molecule has 2 rings (SSSR count). The highest BCUT2D eigenvalue weighted by molar-refractivity contribution is 9.10.